The molecular weight excluding hydrogens is 302 g/mol. The minimum absolute atomic E-state index is 0.0129. The first-order chi connectivity index (χ1) is 11.4. The largest absolute Gasteiger partial charge is 0.497 e. The molecule has 1 unspecified atom stereocenters. The van der Waals surface area contributed by atoms with Crippen molar-refractivity contribution in [2.45, 2.75) is 33.2 Å². The van der Waals surface area contributed by atoms with Gasteiger partial charge in [0, 0.05) is 5.56 Å². The van der Waals surface area contributed by atoms with Gasteiger partial charge in [-0.15, -0.1) is 0 Å². The van der Waals surface area contributed by atoms with Crippen molar-refractivity contribution in [2.75, 3.05) is 14.2 Å². The van der Waals surface area contributed by atoms with Gasteiger partial charge in [0.15, 0.2) is 0 Å². The molecule has 24 heavy (non-hydrogen) atoms. The zero-order valence-electron chi connectivity index (χ0n) is 15.0. The molecule has 0 aromatic heterocycles. The first kappa shape index (κ1) is 17.9. The van der Waals surface area contributed by atoms with Crippen molar-refractivity contribution in [3.8, 4) is 11.5 Å². The Morgan fingerprint density at radius 3 is 2.50 bits per heavy atom. The quantitative estimate of drug-likeness (QED) is 0.879. The van der Waals surface area contributed by atoms with Gasteiger partial charge in [0.2, 0.25) is 5.91 Å². The van der Waals surface area contributed by atoms with Crippen LogP contribution in [0.25, 0.3) is 0 Å². The van der Waals surface area contributed by atoms with Crippen LogP contribution in [-0.4, -0.2) is 20.1 Å². The highest BCUT2D eigenvalue weighted by atomic mass is 16.5. The average molecular weight is 327 g/mol. The molecule has 0 fully saturated rings. The second kappa shape index (κ2) is 7.86. The summed E-state index contributed by atoms with van der Waals surface area (Å²) in [6.45, 7) is 6.00. The van der Waals surface area contributed by atoms with Crippen molar-refractivity contribution >= 4 is 5.91 Å². The van der Waals surface area contributed by atoms with E-state index in [9.17, 15) is 4.79 Å². The molecule has 4 heteroatoms. The Bertz CT molecular complexity index is 725. The number of aryl methyl sites for hydroxylation is 2. The fraction of sp³-hybridized carbons (Fsp3) is 0.350. The number of amides is 1. The van der Waals surface area contributed by atoms with Gasteiger partial charge in [-0.3, -0.25) is 4.79 Å². The summed E-state index contributed by atoms with van der Waals surface area (Å²) < 4.78 is 10.7. The lowest BCUT2D eigenvalue weighted by molar-refractivity contribution is -0.121. The molecule has 0 aliphatic rings. The van der Waals surface area contributed by atoms with Crippen molar-refractivity contribution < 1.29 is 14.3 Å². The number of carbonyl (C=O) groups is 1. The molecule has 0 radical (unpaired) electrons. The number of hydrogen-bond donors (Lipinski definition) is 1. The van der Waals surface area contributed by atoms with Crippen molar-refractivity contribution in [2.24, 2.45) is 0 Å². The number of methoxy groups -OCH3 is 2. The van der Waals surface area contributed by atoms with E-state index in [1.54, 1.807) is 14.2 Å². The number of nitrogens with one attached hydrogen (secondary N) is 1. The van der Waals surface area contributed by atoms with Gasteiger partial charge in [0.1, 0.15) is 11.5 Å². The third kappa shape index (κ3) is 4.28. The Hall–Kier alpha value is -2.49. The highest BCUT2D eigenvalue weighted by molar-refractivity contribution is 5.79. The van der Waals surface area contributed by atoms with Crippen LogP contribution in [0.2, 0.25) is 0 Å². The lowest BCUT2D eigenvalue weighted by Gasteiger charge is -2.18. The smallest absolute Gasteiger partial charge is 0.224 e. The Morgan fingerprint density at radius 1 is 1.08 bits per heavy atom. The summed E-state index contributed by atoms with van der Waals surface area (Å²) in [6, 6.07) is 11.6. The Labute approximate surface area is 143 Å². The highest BCUT2D eigenvalue weighted by Gasteiger charge is 2.16. The maximum absolute atomic E-state index is 12.4. The number of ether oxygens (including phenoxy) is 2. The topological polar surface area (TPSA) is 47.6 Å². The summed E-state index contributed by atoms with van der Waals surface area (Å²) in [5.74, 6) is 1.46. The summed E-state index contributed by atoms with van der Waals surface area (Å²) >= 11 is 0. The molecule has 1 N–H and O–H groups in total. The van der Waals surface area contributed by atoms with Crippen molar-refractivity contribution in [1.82, 2.24) is 5.32 Å². The fourth-order valence-electron chi connectivity index (χ4n) is 2.71. The van der Waals surface area contributed by atoms with Gasteiger partial charge in [-0.05, 0) is 50.1 Å². The van der Waals surface area contributed by atoms with Crippen LogP contribution in [0.5, 0.6) is 11.5 Å². The zero-order valence-corrected chi connectivity index (χ0v) is 15.0. The normalized spacial score (nSPS) is 11.7. The predicted molar refractivity (Wildman–Crippen MR) is 95.7 cm³/mol. The molecule has 2 aromatic carbocycles. The molecule has 0 saturated heterocycles. The number of carbonyl (C=O) groups excluding carboxylic acids is 1. The van der Waals surface area contributed by atoms with E-state index in [0.29, 0.717) is 6.42 Å². The van der Waals surface area contributed by atoms with Crippen LogP contribution in [0.4, 0.5) is 0 Å². The fourth-order valence-corrected chi connectivity index (χ4v) is 2.71. The third-order valence-electron chi connectivity index (χ3n) is 4.14. The van der Waals surface area contributed by atoms with Gasteiger partial charge in [-0.2, -0.15) is 0 Å². The summed E-state index contributed by atoms with van der Waals surface area (Å²) in [6.07, 6.45) is 0.365. The number of benzene rings is 2. The molecule has 4 nitrogen and oxygen atoms in total. The minimum atomic E-state index is -0.173. The van der Waals surface area contributed by atoms with Crippen LogP contribution in [0, 0.1) is 13.8 Å². The summed E-state index contributed by atoms with van der Waals surface area (Å²) in [4.78, 5) is 12.4. The van der Waals surface area contributed by atoms with Crippen LogP contribution >= 0.6 is 0 Å². The lowest BCUT2D eigenvalue weighted by Crippen LogP contribution is -2.28. The van der Waals surface area contributed by atoms with Crippen LogP contribution in [0.3, 0.4) is 0 Å². The van der Waals surface area contributed by atoms with Crippen molar-refractivity contribution in [3.05, 3.63) is 58.7 Å². The Balaban J connectivity index is 2.12. The number of rotatable bonds is 6. The molecule has 2 rings (SSSR count). The van der Waals surface area contributed by atoms with E-state index in [1.807, 2.05) is 45.0 Å². The standard InChI is InChI=1S/C20H25NO3/c1-13-6-7-14(2)16(10-13)11-20(22)21-15(3)18-12-17(23-4)8-9-19(18)24-5/h6-10,12,15H,11H2,1-5H3,(H,21,22). The predicted octanol–water partition coefficient (Wildman–Crippen LogP) is 3.74. The summed E-state index contributed by atoms with van der Waals surface area (Å²) in [7, 11) is 3.24. The van der Waals surface area contributed by atoms with E-state index in [0.717, 1.165) is 33.8 Å². The molecule has 0 aliphatic carbocycles. The monoisotopic (exact) mass is 327 g/mol. The lowest BCUT2D eigenvalue weighted by atomic mass is 10.0. The van der Waals surface area contributed by atoms with E-state index in [1.165, 1.54) is 0 Å². The Morgan fingerprint density at radius 2 is 1.83 bits per heavy atom. The maximum Gasteiger partial charge on any atom is 0.224 e. The zero-order chi connectivity index (χ0) is 17.7. The first-order valence-electron chi connectivity index (χ1n) is 8.02. The van der Waals surface area contributed by atoms with Crippen LogP contribution < -0.4 is 14.8 Å². The van der Waals surface area contributed by atoms with Gasteiger partial charge in [-0.1, -0.05) is 23.8 Å². The molecule has 128 valence electrons. The van der Waals surface area contributed by atoms with Crippen molar-refractivity contribution in [3.63, 3.8) is 0 Å². The van der Waals surface area contributed by atoms with E-state index in [4.69, 9.17) is 9.47 Å². The molecular formula is C20H25NO3. The van der Waals surface area contributed by atoms with Gasteiger partial charge in [0.05, 0.1) is 26.7 Å². The van der Waals surface area contributed by atoms with Crippen LogP contribution in [0.15, 0.2) is 36.4 Å². The highest BCUT2D eigenvalue weighted by Crippen LogP contribution is 2.29. The van der Waals surface area contributed by atoms with Gasteiger partial charge in [-0.25, -0.2) is 0 Å². The second-order valence-corrected chi connectivity index (χ2v) is 6.00. The van der Waals surface area contributed by atoms with E-state index >= 15 is 0 Å². The SMILES string of the molecule is COc1ccc(OC)c(C(C)NC(=O)Cc2cc(C)ccc2C)c1. The summed E-state index contributed by atoms with van der Waals surface area (Å²) in [5.41, 5.74) is 4.23. The van der Waals surface area contributed by atoms with E-state index in [-0.39, 0.29) is 11.9 Å². The molecule has 0 heterocycles. The van der Waals surface area contributed by atoms with Crippen LogP contribution in [-0.2, 0) is 11.2 Å². The first-order valence-corrected chi connectivity index (χ1v) is 8.02. The van der Waals surface area contributed by atoms with E-state index < -0.39 is 0 Å². The van der Waals surface area contributed by atoms with Gasteiger partial charge >= 0.3 is 0 Å². The Kier molecular flexibility index (Phi) is 5.85. The van der Waals surface area contributed by atoms with Gasteiger partial charge in [0.25, 0.3) is 0 Å². The second-order valence-electron chi connectivity index (χ2n) is 6.00. The molecule has 1 amide bonds. The summed E-state index contributed by atoms with van der Waals surface area (Å²) in [5, 5.41) is 3.04. The molecule has 2 aromatic rings. The maximum atomic E-state index is 12.4. The van der Waals surface area contributed by atoms with Gasteiger partial charge < -0.3 is 14.8 Å². The number of hydrogen-bond acceptors (Lipinski definition) is 3. The third-order valence-corrected chi connectivity index (χ3v) is 4.14. The molecule has 1 atom stereocenters. The van der Waals surface area contributed by atoms with Crippen molar-refractivity contribution in [1.29, 1.82) is 0 Å². The minimum Gasteiger partial charge on any atom is -0.497 e. The van der Waals surface area contributed by atoms with E-state index in [2.05, 4.69) is 17.4 Å². The molecule has 0 aliphatic heterocycles. The molecule has 0 saturated carbocycles. The molecule has 0 bridgehead atoms. The average Bonchev–Trinajstić information content (AvgIpc) is 2.57. The van der Waals surface area contributed by atoms with Crippen LogP contribution in [0.1, 0.15) is 35.2 Å². The molecule has 0 spiro atoms.